The van der Waals surface area contributed by atoms with E-state index >= 15 is 0 Å². The van der Waals surface area contributed by atoms with Gasteiger partial charge in [-0.25, -0.2) is 0 Å². The Morgan fingerprint density at radius 3 is 2.73 bits per heavy atom. The topological polar surface area (TPSA) is 49.8 Å². The van der Waals surface area contributed by atoms with Gasteiger partial charge in [-0.3, -0.25) is 9.69 Å². The van der Waals surface area contributed by atoms with Crippen LogP contribution >= 0.6 is 27.5 Å². The highest BCUT2D eigenvalue weighted by Gasteiger charge is 2.37. The molecule has 2 unspecified atom stereocenters. The number of likely N-dealkylation sites (tertiary alicyclic amines) is 1. The van der Waals surface area contributed by atoms with Crippen LogP contribution in [0.5, 0.6) is 5.75 Å². The second-order valence-electron chi connectivity index (χ2n) is 6.40. The summed E-state index contributed by atoms with van der Waals surface area (Å²) in [6, 6.07) is 12.6. The van der Waals surface area contributed by atoms with Crippen LogP contribution in [0.25, 0.3) is 0 Å². The van der Waals surface area contributed by atoms with Crippen molar-refractivity contribution in [1.29, 1.82) is 0 Å². The van der Waals surface area contributed by atoms with Gasteiger partial charge < -0.3 is 9.84 Å². The summed E-state index contributed by atoms with van der Waals surface area (Å²) < 4.78 is 6.51. The summed E-state index contributed by atoms with van der Waals surface area (Å²) in [5.41, 5.74) is 1.88. The van der Waals surface area contributed by atoms with Gasteiger partial charge in [-0.05, 0) is 49.2 Å². The Balaban J connectivity index is 2.19. The minimum absolute atomic E-state index is 0.263. The number of carboxylic acid groups (broad SMARTS) is 1. The Labute approximate surface area is 166 Å². The van der Waals surface area contributed by atoms with E-state index in [1.54, 1.807) is 13.2 Å². The number of carboxylic acids is 1. The molecule has 0 aliphatic carbocycles. The molecule has 1 aliphatic heterocycles. The molecule has 0 spiro atoms. The summed E-state index contributed by atoms with van der Waals surface area (Å²) >= 11 is 9.92. The maximum Gasteiger partial charge on any atom is 0.320 e. The lowest BCUT2D eigenvalue weighted by molar-refractivity contribution is -0.145. The Hall–Kier alpha value is -1.56. The smallest absolute Gasteiger partial charge is 0.320 e. The van der Waals surface area contributed by atoms with Crippen molar-refractivity contribution in [3.05, 3.63) is 63.1 Å². The predicted octanol–water partition coefficient (Wildman–Crippen LogP) is 5.14. The second kappa shape index (κ2) is 8.42. The zero-order chi connectivity index (χ0) is 18.7. The molecule has 2 aromatic rings. The summed E-state index contributed by atoms with van der Waals surface area (Å²) in [4.78, 5) is 14.0. The molecule has 2 aromatic carbocycles. The molecule has 26 heavy (non-hydrogen) atoms. The Kier molecular flexibility index (Phi) is 6.22. The highest BCUT2D eigenvalue weighted by Crippen LogP contribution is 2.41. The largest absolute Gasteiger partial charge is 0.496 e. The zero-order valence-corrected chi connectivity index (χ0v) is 16.8. The molecule has 1 N–H and O–H groups in total. The van der Waals surface area contributed by atoms with E-state index in [0.717, 1.165) is 28.4 Å². The zero-order valence-electron chi connectivity index (χ0n) is 14.5. The van der Waals surface area contributed by atoms with Crippen LogP contribution in [0.15, 0.2) is 46.9 Å². The molecule has 138 valence electrons. The van der Waals surface area contributed by atoms with Crippen LogP contribution in [-0.2, 0) is 4.79 Å². The van der Waals surface area contributed by atoms with E-state index in [9.17, 15) is 9.90 Å². The van der Waals surface area contributed by atoms with E-state index in [4.69, 9.17) is 16.3 Å². The van der Waals surface area contributed by atoms with Crippen LogP contribution in [0.2, 0.25) is 5.02 Å². The Morgan fingerprint density at radius 2 is 2.04 bits per heavy atom. The number of benzene rings is 2. The van der Waals surface area contributed by atoms with Crippen molar-refractivity contribution in [2.24, 2.45) is 0 Å². The third-order valence-electron chi connectivity index (χ3n) is 4.85. The Morgan fingerprint density at radius 1 is 1.27 bits per heavy atom. The fraction of sp³-hybridized carbons (Fsp3) is 0.350. The summed E-state index contributed by atoms with van der Waals surface area (Å²) in [6.07, 6.45) is 2.52. The van der Waals surface area contributed by atoms with Crippen LogP contribution in [0.1, 0.15) is 36.4 Å². The number of hydrogen-bond donors (Lipinski definition) is 1. The molecular formula is C20H21BrClNO3. The highest BCUT2D eigenvalue weighted by atomic mass is 79.9. The fourth-order valence-corrected chi connectivity index (χ4v) is 4.35. The number of nitrogens with zero attached hydrogens (tertiary/aromatic N) is 1. The number of aliphatic carboxylic acids is 1. The number of rotatable bonds is 5. The molecule has 1 heterocycles. The molecule has 0 aromatic heterocycles. The normalized spacial score (nSPS) is 19.1. The van der Waals surface area contributed by atoms with E-state index in [2.05, 4.69) is 20.8 Å². The molecule has 1 saturated heterocycles. The lowest BCUT2D eigenvalue weighted by Crippen LogP contribution is -2.47. The highest BCUT2D eigenvalue weighted by molar-refractivity contribution is 9.10. The molecular weight excluding hydrogens is 418 g/mol. The minimum atomic E-state index is -0.789. The number of halogens is 2. The second-order valence-corrected chi connectivity index (χ2v) is 7.69. The van der Waals surface area contributed by atoms with Gasteiger partial charge in [0.05, 0.1) is 13.2 Å². The summed E-state index contributed by atoms with van der Waals surface area (Å²) in [6.45, 7) is 0.707. The number of hydrogen-bond acceptors (Lipinski definition) is 3. The van der Waals surface area contributed by atoms with Gasteiger partial charge in [-0.2, -0.15) is 0 Å². The van der Waals surface area contributed by atoms with Crippen LogP contribution in [0.4, 0.5) is 0 Å². The molecule has 4 nitrogen and oxygen atoms in total. The van der Waals surface area contributed by atoms with E-state index in [0.29, 0.717) is 23.7 Å². The van der Waals surface area contributed by atoms with Gasteiger partial charge in [-0.15, -0.1) is 0 Å². The minimum Gasteiger partial charge on any atom is -0.496 e. The summed E-state index contributed by atoms with van der Waals surface area (Å²) in [5.74, 6) is -0.0902. The van der Waals surface area contributed by atoms with Gasteiger partial charge in [0.2, 0.25) is 0 Å². The molecule has 1 fully saturated rings. The standard InChI is InChI=1S/C20H21BrClNO3/c1-26-18-10-9-13(22)12-15(18)19(14-6-2-3-7-16(14)21)23-11-5-4-8-17(23)20(24)25/h2-3,6-7,9-10,12,17,19H,4-5,8,11H2,1H3,(H,24,25). The van der Waals surface area contributed by atoms with E-state index < -0.39 is 12.0 Å². The van der Waals surface area contributed by atoms with Crippen LogP contribution in [0, 0.1) is 0 Å². The lowest BCUT2D eigenvalue weighted by atomic mass is 9.91. The molecule has 6 heteroatoms. The first-order valence-corrected chi connectivity index (χ1v) is 9.76. The van der Waals surface area contributed by atoms with E-state index in [-0.39, 0.29) is 6.04 Å². The van der Waals surface area contributed by atoms with Gasteiger partial charge >= 0.3 is 5.97 Å². The van der Waals surface area contributed by atoms with Crippen molar-refractivity contribution in [3.63, 3.8) is 0 Å². The lowest BCUT2D eigenvalue weighted by Gasteiger charge is -2.40. The molecule has 0 bridgehead atoms. The molecule has 0 radical (unpaired) electrons. The first-order chi connectivity index (χ1) is 12.5. The average molecular weight is 439 g/mol. The number of methoxy groups -OCH3 is 1. The van der Waals surface area contributed by atoms with Gasteiger partial charge in [0.15, 0.2) is 0 Å². The van der Waals surface area contributed by atoms with E-state index in [1.165, 1.54) is 0 Å². The van der Waals surface area contributed by atoms with Crippen molar-refractivity contribution in [1.82, 2.24) is 4.90 Å². The first kappa shape index (κ1) is 19.2. The van der Waals surface area contributed by atoms with Crippen molar-refractivity contribution in [2.75, 3.05) is 13.7 Å². The maximum atomic E-state index is 11.9. The van der Waals surface area contributed by atoms with Crippen LogP contribution in [-0.4, -0.2) is 35.7 Å². The maximum absolute atomic E-state index is 11.9. The van der Waals surface area contributed by atoms with Crippen molar-refractivity contribution in [3.8, 4) is 5.75 Å². The van der Waals surface area contributed by atoms with Gasteiger partial charge in [0.1, 0.15) is 11.8 Å². The van der Waals surface area contributed by atoms with Gasteiger partial charge in [0.25, 0.3) is 0 Å². The van der Waals surface area contributed by atoms with Gasteiger partial charge in [0, 0.05) is 15.1 Å². The van der Waals surface area contributed by atoms with Crippen molar-refractivity contribution < 1.29 is 14.6 Å². The predicted molar refractivity (Wildman–Crippen MR) is 106 cm³/mol. The van der Waals surface area contributed by atoms with Crippen LogP contribution < -0.4 is 4.74 Å². The molecule has 3 rings (SSSR count). The van der Waals surface area contributed by atoms with Crippen molar-refractivity contribution in [2.45, 2.75) is 31.3 Å². The summed E-state index contributed by atoms with van der Waals surface area (Å²) in [5, 5.41) is 10.4. The SMILES string of the molecule is COc1ccc(Cl)cc1C(c1ccccc1Br)N1CCCCC1C(=O)O. The van der Waals surface area contributed by atoms with Crippen LogP contribution in [0.3, 0.4) is 0 Å². The third kappa shape index (κ3) is 3.90. The average Bonchev–Trinajstić information content (AvgIpc) is 2.64. The number of piperidine rings is 1. The number of ether oxygens (including phenoxy) is 1. The fourth-order valence-electron chi connectivity index (χ4n) is 3.67. The number of carbonyl (C=O) groups is 1. The van der Waals surface area contributed by atoms with Gasteiger partial charge in [-0.1, -0.05) is 52.2 Å². The third-order valence-corrected chi connectivity index (χ3v) is 5.80. The van der Waals surface area contributed by atoms with E-state index in [1.807, 2.05) is 36.4 Å². The molecule has 0 amide bonds. The molecule has 1 aliphatic rings. The first-order valence-electron chi connectivity index (χ1n) is 8.59. The Bertz CT molecular complexity index is 798. The quantitative estimate of drug-likeness (QED) is 0.702. The van der Waals surface area contributed by atoms with Crippen molar-refractivity contribution >= 4 is 33.5 Å². The molecule has 0 saturated carbocycles. The summed E-state index contributed by atoms with van der Waals surface area (Å²) in [7, 11) is 1.62. The monoisotopic (exact) mass is 437 g/mol. The molecule has 2 atom stereocenters.